The summed E-state index contributed by atoms with van der Waals surface area (Å²) in [5.74, 6) is -1.38. The van der Waals surface area contributed by atoms with Gasteiger partial charge in [0.2, 0.25) is 11.8 Å². The second kappa shape index (κ2) is 8.63. The van der Waals surface area contributed by atoms with Crippen molar-refractivity contribution in [3.63, 3.8) is 0 Å². The third-order valence-corrected chi connectivity index (χ3v) is 6.00. The van der Waals surface area contributed by atoms with Gasteiger partial charge in [0, 0.05) is 23.1 Å². The normalized spacial score (nSPS) is 17.2. The zero-order valence-electron chi connectivity index (χ0n) is 14.2. The highest BCUT2D eigenvalue weighted by Crippen LogP contribution is 2.11. The van der Waals surface area contributed by atoms with Crippen molar-refractivity contribution < 1.29 is 22.8 Å². The predicted molar refractivity (Wildman–Crippen MR) is 99.3 cm³/mol. The minimum absolute atomic E-state index is 0.0674. The number of rotatable bonds is 5. The van der Waals surface area contributed by atoms with E-state index in [-0.39, 0.29) is 37.0 Å². The number of sulfone groups is 1. The van der Waals surface area contributed by atoms with Crippen LogP contribution < -0.4 is 10.6 Å². The standard InChI is InChI=1S/C16H20BrN3O5S/c1-11(16(23)20-5-7-26(24,25)8-6-20)19-14(21)10-18-15(22)12-3-2-4-13(17)9-12/h2-4,9,11H,5-8,10H2,1H3,(H,18,22)(H,19,21). The molecule has 10 heteroatoms. The predicted octanol–water partition coefficient (Wildman–Crippen LogP) is -0.0594. The first kappa shape index (κ1) is 20.4. The van der Waals surface area contributed by atoms with Gasteiger partial charge in [-0.15, -0.1) is 0 Å². The topological polar surface area (TPSA) is 113 Å². The SMILES string of the molecule is CC(NC(=O)CNC(=O)c1cccc(Br)c1)C(=O)N1CCS(=O)(=O)CC1. The van der Waals surface area contributed by atoms with Crippen LogP contribution in [-0.2, 0) is 19.4 Å². The van der Waals surface area contributed by atoms with Gasteiger partial charge in [-0.2, -0.15) is 0 Å². The molecule has 142 valence electrons. The fraction of sp³-hybridized carbons (Fsp3) is 0.438. The number of halogens is 1. The van der Waals surface area contributed by atoms with Gasteiger partial charge in [-0.05, 0) is 25.1 Å². The molecular formula is C16H20BrN3O5S. The summed E-state index contributed by atoms with van der Waals surface area (Å²) in [6.45, 7) is 1.51. The number of nitrogens with one attached hydrogen (secondary N) is 2. The van der Waals surface area contributed by atoms with Crippen LogP contribution in [0.3, 0.4) is 0 Å². The summed E-state index contributed by atoms with van der Waals surface area (Å²) >= 11 is 3.26. The lowest BCUT2D eigenvalue weighted by Gasteiger charge is -2.29. The van der Waals surface area contributed by atoms with Crippen LogP contribution >= 0.6 is 15.9 Å². The van der Waals surface area contributed by atoms with Gasteiger partial charge in [0.15, 0.2) is 9.84 Å². The summed E-state index contributed by atoms with van der Waals surface area (Å²) in [5, 5.41) is 5.00. The average molecular weight is 446 g/mol. The zero-order valence-corrected chi connectivity index (χ0v) is 16.6. The van der Waals surface area contributed by atoms with Crippen molar-refractivity contribution in [3.05, 3.63) is 34.3 Å². The van der Waals surface area contributed by atoms with E-state index in [0.717, 1.165) is 4.47 Å². The number of hydrogen-bond donors (Lipinski definition) is 2. The number of amides is 3. The monoisotopic (exact) mass is 445 g/mol. The molecule has 1 heterocycles. The molecule has 1 atom stereocenters. The molecule has 1 aliphatic rings. The molecule has 26 heavy (non-hydrogen) atoms. The molecule has 8 nitrogen and oxygen atoms in total. The molecule has 1 fully saturated rings. The molecule has 0 radical (unpaired) electrons. The smallest absolute Gasteiger partial charge is 0.251 e. The van der Waals surface area contributed by atoms with Crippen molar-refractivity contribution in [2.45, 2.75) is 13.0 Å². The summed E-state index contributed by atoms with van der Waals surface area (Å²) in [6.07, 6.45) is 0. The van der Waals surface area contributed by atoms with E-state index < -0.39 is 27.7 Å². The summed E-state index contributed by atoms with van der Waals surface area (Å²) in [5.41, 5.74) is 0.408. The molecule has 1 unspecified atom stereocenters. The first-order chi connectivity index (χ1) is 12.2. The Morgan fingerprint density at radius 2 is 1.88 bits per heavy atom. The number of benzene rings is 1. The first-order valence-corrected chi connectivity index (χ1v) is 10.6. The summed E-state index contributed by atoms with van der Waals surface area (Å²) < 4.78 is 23.6. The minimum atomic E-state index is -3.08. The lowest BCUT2D eigenvalue weighted by Crippen LogP contribution is -2.52. The first-order valence-electron chi connectivity index (χ1n) is 8.00. The van der Waals surface area contributed by atoms with Crippen LogP contribution in [0.5, 0.6) is 0 Å². The van der Waals surface area contributed by atoms with Gasteiger partial charge >= 0.3 is 0 Å². The molecule has 2 rings (SSSR count). The van der Waals surface area contributed by atoms with Crippen LogP contribution in [0.4, 0.5) is 0 Å². The second-order valence-electron chi connectivity index (χ2n) is 5.96. The van der Waals surface area contributed by atoms with Gasteiger partial charge in [-0.3, -0.25) is 14.4 Å². The van der Waals surface area contributed by atoms with Crippen molar-refractivity contribution in [1.29, 1.82) is 0 Å². The fourth-order valence-corrected chi connectivity index (χ4v) is 4.05. The van der Waals surface area contributed by atoms with Crippen LogP contribution in [0.1, 0.15) is 17.3 Å². The van der Waals surface area contributed by atoms with Crippen LogP contribution in [0.15, 0.2) is 28.7 Å². The molecule has 1 saturated heterocycles. The maximum atomic E-state index is 12.3. The average Bonchev–Trinajstić information content (AvgIpc) is 2.59. The van der Waals surface area contributed by atoms with Gasteiger partial charge in [0.05, 0.1) is 18.1 Å². The number of nitrogens with zero attached hydrogens (tertiary/aromatic N) is 1. The van der Waals surface area contributed by atoms with E-state index in [1.807, 2.05) is 0 Å². The van der Waals surface area contributed by atoms with Crippen LogP contribution in [0.2, 0.25) is 0 Å². The third kappa shape index (κ3) is 5.80. The molecule has 2 N–H and O–H groups in total. The lowest BCUT2D eigenvalue weighted by molar-refractivity contribution is -0.135. The summed E-state index contributed by atoms with van der Waals surface area (Å²) in [6, 6.07) is 5.94. The van der Waals surface area contributed by atoms with Crippen molar-refractivity contribution >= 4 is 43.5 Å². The Balaban J connectivity index is 1.79. The Labute approximate surface area is 160 Å². The molecule has 1 aliphatic heterocycles. The van der Waals surface area contributed by atoms with E-state index in [4.69, 9.17) is 0 Å². The maximum Gasteiger partial charge on any atom is 0.251 e. The maximum absolute atomic E-state index is 12.3. The number of carbonyl (C=O) groups excluding carboxylic acids is 3. The largest absolute Gasteiger partial charge is 0.343 e. The quantitative estimate of drug-likeness (QED) is 0.658. The summed E-state index contributed by atoms with van der Waals surface area (Å²) in [4.78, 5) is 37.6. The van der Waals surface area contributed by atoms with E-state index >= 15 is 0 Å². The highest BCUT2D eigenvalue weighted by Gasteiger charge is 2.28. The van der Waals surface area contributed by atoms with Gasteiger partial charge in [-0.1, -0.05) is 22.0 Å². The Morgan fingerprint density at radius 3 is 2.50 bits per heavy atom. The molecule has 3 amide bonds. The van der Waals surface area contributed by atoms with E-state index in [2.05, 4.69) is 26.6 Å². The molecule has 0 spiro atoms. The number of hydrogen-bond acceptors (Lipinski definition) is 5. The van der Waals surface area contributed by atoms with E-state index in [0.29, 0.717) is 5.56 Å². The van der Waals surface area contributed by atoms with Gasteiger partial charge in [-0.25, -0.2) is 8.42 Å². The third-order valence-electron chi connectivity index (χ3n) is 3.90. The molecule has 1 aromatic rings. The van der Waals surface area contributed by atoms with E-state index in [1.165, 1.54) is 11.8 Å². The highest BCUT2D eigenvalue weighted by molar-refractivity contribution is 9.10. The molecule has 0 bridgehead atoms. The molecule has 0 aliphatic carbocycles. The van der Waals surface area contributed by atoms with Crippen LogP contribution in [0.25, 0.3) is 0 Å². The minimum Gasteiger partial charge on any atom is -0.343 e. The van der Waals surface area contributed by atoms with Crippen molar-refractivity contribution in [2.75, 3.05) is 31.1 Å². The summed E-state index contributed by atoms with van der Waals surface area (Å²) in [7, 11) is -3.08. The zero-order chi connectivity index (χ0) is 19.3. The molecule has 1 aromatic carbocycles. The van der Waals surface area contributed by atoms with Gasteiger partial charge < -0.3 is 15.5 Å². The lowest BCUT2D eigenvalue weighted by atomic mass is 10.2. The Morgan fingerprint density at radius 1 is 1.23 bits per heavy atom. The molecule has 0 aromatic heterocycles. The molecular weight excluding hydrogens is 426 g/mol. The van der Waals surface area contributed by atoms with Crippen LogP contribution in [-0.4, -0.2) is 68.2 Å². The number of carbonyl (C=O) groups is 3. The fourth-order valence-electron chi connectivity index (χ4n) is 2.45. The second-order valence-corrected chi connectivity index (χ2v) is 9.18. The highest BCUT2D eigenvalue weighted by atomic mass is 79.9. The van der Waals surface area contributed by atoms with Gasteiger partial charge in [0.1, 0.15) is 6.04 Å². The van der Waals surface area contributed by atoms with E-state index in [1.54, 1.807) is 24.3 Å². The van der Waals surface area contributed by atoms with Gasteiger partial charge in [0.25, 0.3) is 5.91 Å². The molecule has 0 saturated carbocycles. The Kier molecular flexibility index (Phi) is 6.76. The van der Waals surface area contributed by atoms with Crippen LogP contribution in [0, 0.1) is 0 Å². The van der Waals surface area contributed by atoms with Crippen molar-refractivity contribution in [3.8, 4) is 0 Å². The van der Waals surface area contributed by atoms with E-state index in [9.17, 15) is 22.8 Å². The van der Waals surface area contributed by atoms with Crippen molar-refractivity contribution in [1.82, 2.24) is 15.5 Å². The Hall–Kier alpha value is -1.94. The Bertz CT molecular complexity index is 798. The van der Waals surface area contributed by atoms with Crippen molar-refractivity contribution in [2.24, 2.45) is 0 Å².